The predicted octanol–water partition coefficient (Wildman–Crippen LogP) is 4.15. The topological polar surface area (TPSA) is 48.8 Å². The summed E-state index contributed by atoms with van der Waals surface area (Å²) >= 11 is 0. The summed E-state index contributed by atoms with van der Waals surface area (Å²) in [5.74, 6) is 1.35. The van der Waals surface area contributed by atoms with Crippen molar-refractivity contribution >= 4 is 0 Å². The second-order valence-electron chi connectivity index (χ2n) is 3.82. The predicted molar refractivity (Wildman–Crippen MR) is 56.5 cm³/mol. The Bertz CT molecular complexity index is 162. The molecular formula is C10H21N3. The van der Waals surface area contributed by atoms with Gasteiger partial charge in [0.2, 0.25) is 0 Å². The van der Waals surface area contributed by atoms with Crippen LogP contribution in [0.15, 0.2) is 5.11 Å². The first kappa shape index (κ1) is 12.3. The van der Waals surface area contributed by atoms with Crippen LogP contribution in [0.25, 0.3) is 10.4 Å². The van der Waals surface area contributed by atoms with Crippen LogP contribution in [0.1, 0.15) is 46.5 Å². The zero-order valence-corrected chi connectivity index (χ0v) is 9.03. The van der Waals surface area contributed by atoms with E-state index in [0.29, 0.717) is 12.5 Å². The SMILES string of the molecule is CCCC(C)CC(CC)CN=[N+]=[N-]. The van der Waals surface area contributed by atoms with Gasteiger partial charge in [0.05, 0.1) is 0 Å². The minimum atomic E-state index is 0.581. The Morgan fingerprint density at radius 1 is 1.38 bits per heavy atom. The fourth-order valence-corrected chi connectivity index (χ4v) is 1.70. The molecule has 0 heterocycles. The maximum atomic E-state index is 8.21. The molecule has 0 saturated carbocycles. The van der Waals surface area contributed by atoms with Gasteiger partial charge in [-0.05, 0) is 23.8 Å². The molecule has 0 bridgehead atoms. The molecule has 0 radical (unpaired) electrons. The van der Waals surface area contributed by atoms with E-state index in [1.165, 1.54) is 19.3 Å². The highest BCUT2D eigenvalue weighted by Crippen LogP contribution is 2.19. The van der Waals surface area contributed by atoms with Crippen molar-refractivity contribution in [2.24, 2.45) is 17.0 Å². The van der Waals surface area contributed by atoms with Gasteiger partial charge in [0.1, 0.15) is 0 Å². The zero-order valence-electron chi connectivity index (χ0n) is 9.03. The quantitative estimate of drug-likeness (QED) is 0.323. The molecule has 0 saturated heterocycles. The first-order chi connectivity index (χ1) is 6.24. The van der Waals surface area contributed by atoms with Crippen LogP contribution >= 0.6 is 0 Å². The minimum Gasteiger partial charge on any atom is -0.0937 e. The third-order valence-corrected chi connectivity index (χ3v) is 2.50. The average molecular weight is 183 g/mol. The summed E-state index contributed by atoms with van der Waals surface area (Å²) in [6.07, 6.45) is 4.85. The lowest BCUT2D eigenvalue weighted by molar-refractivity contribution is 0.369. The molecule has 13 heavy (non-hydrogen) atoms. The van der Waals surface area contributed by atoms with Crippen LogP contribution < -0.4 is 0 Å². The summed E-state index contributed by atoms with van der Waals surface area (Å²) in [4.78, 5) is 2.80. The molecule has 0 aromatic rings. The molecule has 0 spiro atoms. The maximum absolute atomic E-state index is 8.21. The maximum Gasteiger partial charge on any atom is 0.0286 e. The fraction of sp³-hybridized carbons (Fsp3) is 1.00. The third-order valence-electron chi connectivity index (χ3n) is 2.50. The lowest BCUT2D eigenvalue weighted by Crippen LogP contribution is -2.08. The molecule has 0 aromatic heterocycles. The van der Waals surface area contributed by atoms with Crippen molar-refractivity contribution in [3.63, 3.8) is 0 Å². The van der Waals surface area contributed by atoms with Crippen LogP contribution in [-0.2, 0) is 0 Å². The molecule has 0 aliphatic rings. The van der Waals surface area contributed by atoms with Gasteiger partial charge in [-0.1, -0.05) is 45.1 Å². The van der Waals surface area contributed by atoms with Gasteiger partial charge in [0, 0.05) is 11.5 Å². The molecule has 0 rings (SSSR count). The number of hydrogen-bond acceptors (Lipinski definition) is 1. The van der Waals surface area contributed by atoms with Crippen LogP contribution in [0.3, 0.4) is 0 Å². The second kappa shape index (κ2) is 7.93. The van der Waals surface area contributed by atoms with Gasteiger partial charge in [0.15, 0.2) is 0 Å². The van der Waals surface area contributed by atoms with Crippen LogP contribution in [0.2, 0.25) is 0 Å². The molecule has 3 heteroatoms. The minimum absolute atomic E-state index is 0.581. The summed E-state index contributed by atoms with van der Waals surface area (Å²) < 4.78 is 0. The van der Waals surface area contributed by atoms with E-state index in [1.54, 1.807) is 0 Å². The van der Waals surface area contributed by atoms with Crippen molar-refractivity contribution in [3.8, 4) is 0 Å². The van der Waals surface area contributed by atoms with E-state index >= 15 is 0 Å². The highest BCUT2D eigenvalue weighted by molar-refractivity contribution is 4.65. The Hall–Kier alpha value is -0.690. The van der Waals surface area contributed by atoms with Gasteiger partial charge in [-0.15, -0.1) is 0 Å². The number of nitrogens with zero attached hydrogens (tertiary/aromatic N) is 3. The standard InChI is InChI=1S/C10H21N3/c1-4-6-9(3)7-10(5-2)8-12-13-11/h9-10H,4-8H2,1-3H3. The van der Waals surface area contributed by atoms with Gasteiger partial charge in [-0.3, -0.25) is 0 Å². The van der Waals surface area contributed by atoms with Crippen molar-refractivity contribution in [3.05, 3.63) is 10.4 Å². The molecule has 0 aromatic carbocycles. The lowest BCUT2D eigenvalue weighted by Gasteiger charge is -2.16. The van der Waals surface area contributed by atoms with Crippen molar-refractivity contribution in [1.82, 2.24) is 0 Å². The lowest BCUT2D eigenvalue weighted by atomic mass is 9.91. The van der Waals surface area contributed by atoms with Crippen LogP contribution in [-0.4, -0.2) is 6.54 Å². The zero-order chi connectivity index (χ0) is 10.1. The average Bonchev–Trinajstić information content (AvgIpc) is 2.12. The van der Waals surface area contributed by atoms with Gasteiger partial charge in [0.25, 0.3) is 0 Å². The van der Waals surface area contributed by atoms with Gasteiger partial charge in [-0.25, -0.2) is 0 Å². The van der Waals surface area contributed by atoms with Crippen LogP contribution in [0, 0.1) is 11.8 Å². The first-order valence-electron chi connectivity index (χ1n) is 5.25. The molecule has 2 atom stereocenters. The third kappa shape index (κ3) is 6.47. The summed E-state index contributed by atoms with van der Waals surface area (Å²) in [5, 5.41) is 3.64. The van der Waals surface area contributed by atoms with Crippen molar-refractivity contribution in [2.75, 3.05) is 6.54 Å². The number of hydrogen-bond donors (Lipinski definition) is 0. The van der Waals surface area contributed by atoms with E-state index in [1.807, 2.05) is 0 Å². The van der Waals surface area contributed by atoms with E-state index in [-0.39, 0.29) is 0 Å². The van der Waals surface area contributed by atoms with Crippen LogP contribution in [0.5, 0.6) is 0 Å². The van der Waals surface area contributed by atoms with E-state index in [9.17, 15) is 0 Å². The molecule has 3 nitrogen and oxygen atoms in total. The highest BCUT2D eigenvalue weighted by Gasteiger charge is 2.09. The van der Waals surface area contributed by atoms with E-state index in [2.05, 4.69) is 30.8 Å². The van der Waals surface area contributed by atoms with Gasteiger partial charge < -0.3 is 0 Å². The first-order valence-corrected chi connectivity index (χ1v) is 5.25. The molecule has 0 fully saturated rings. The molecule has 0 aliphatic heterocycles. The molecule has 0 N–H and O–H groups in total. The molecule has 2 unspecified atom stereocenters. The van der Waals surface area contributed by atoms with Crippen molar-refractivity contribution in [1.29, 1.82) is 0 Å². The Kier molecular flexibility index (Phi) is 7.51. The Labute approximate surface area is 81.2 Å². The highest BCUT2D eigenvalue weighted by atomic mass is 15.1. The second-order valence-corrected chi connectivity index (χ2v) is 3.82. The van der Waals surface area contributed by atoms with Crippen molar-refractivity contribution < 1.29 is 0 Å². The number of rotatable bonds is 7. The molecule has 0 amide bonds. The largest absolute Gasteiger partial charge is 0.0937 e. The Morgan fingerprint density at radius 3 is 2.54 bits per heavy atom. The fourth-order valence-electron chi connectivity index (χ4n) is 1.70. The van der Waals surface area contributed by atoms with Gasteiger partial charge in [-0.2, -0.15) is 0 Å². The van der Waals surface area contributed by atoms with Crippen LogP contribution in [0.4, 0.5) is 0 Å². The monoisotopic (exact) mass is 183 g/mol. The smallest absolute Gasteiger partial charge is 0.0286 e. The molecule has 0 aliphatic carbocycles. The van der Waals surface area contributed by atoms with Crippen molar-refractivity contribution in [2.45, 2.75) is 46.5 Å². The number of azide groups is 1. The Balaban J connectivity index is 3.74. The normalized spacial score (nSPS) is 14.7. The summed E-state index contributed by atoms with van der Waals surface area (Å²) in [6.45, 7) is 7.32. The van der Waals surface area contributed by atoms with E-state index in [0.717, 1.165) is 12.3 Å². The van der Waals surface area contributed by atoms with E-state index in [4.69, 9.17) is 5.53 Å². The summed E-state index contributed by atoms with van der Waals surface area (Å²) in [6, 6.07) is 0. The summed E-state index contributed by atoms with van der Waals surface area (Å²) in [5.41, 5.74) is 8.21. The summed E-state index contributed by atoms with van der Waals surface area (Å²) in [7, 11) is 0. The molecular weight excluding hydrogens is 162 g/mol. The Morgan fingerprint density at radius 2 is 2.08 bits per heavy atom. The van der Waals surface area contributed by atoms with Gasteiger partial charge >= 0.3 is 0 Å². The molecule has 76 valence electrons. The van der Waals surface area contributed by atoms with E-state index < -0.39 is 0 Å².